The molecule has 0 radical (unpaired) electrons. The van der Waals surface area contributed by atoms with Crippen LogP contribution in [-0.2, 0) is 23.0 Å². The predicted molar refractivity (Wildman–Crippen MR) is 76.1 cm³/mol. The minimum atomic E-state index is -3.71. The molecule has 0 aliphatic heterocycles. The molecule has 0 atom stereocenters. The van der Waals surface area contributed by atoms with Crippen molar-refractivity contribution in [1.29, 1.82) is 0 Å². The summed E-state index contributed by atoms with van der Waals surface area (Å²) in [6, 6.07) is 0. The summed E-state index contributed by atoms with van der Waals surface area (Å²) in [5, 5.41) is 6.83. The number of aromatic amines is 1. The average Bonchev–Trinajstić information content (AvgIpc) is 2.94. The standard InChI is InChI=1S/C12H19N5O2S/c1-5-10-8(3)12(15-14-10)16-20(18,19)11-7-17(6-2)9(4)13-11/h7H,5-6H2,1-4H3,(H2,14,15,16). The second-order valence-corrected chi connectivity index (χ2v) is 6.18. The third-order valence-corrected chi connectivity index (χ3v) is 4.47. The molecule has 0 spiro atoms. The van der Waals surface area contributed by atoms with Crippen LogP contribution in [0.15, 0.2) is 11.2 Å². The van der Waals surface area contributed by atoms with E-state index in [4.69, 9.17) is 0 Å². The molecule has 0 amide bonds. The first-order chi connectivity index (χ1) is 9.39. The molecule has 2 N–H and O–H groups in total. The van der Waals surface area contributed by atoms with Gasteiger partial charge in [0.2, 0.25) is 0 Å². The van der Waals surface area contributed by atoms with Crippen molar-refractivity contribution in [3.8, 4) is 0 Å². The Morgan fingerprint density at radius 1 is 1.35 bits per heavy atom. The Morgan fingerprint density at radius 2 is 2.05 bits per heavy atom. The third kappa shape index (κ3) is 2.55. The molecule has 0 aliphatic carbocycles. The van der Waals surface area contributed by atoms with E-state index in [1.54, 1.807) is 11.5 Å². The molecule has 8 heteroatoms. The highest BCUT2D eigenvalue weighted by atomic mass is 32.2. The van der Waals surface area contributed by atoms with Crippen LogP contribution in [-0.4, -0.2) is 28.2 Å². The van der Waals surface area contributed by atoms with E-state index in [1.165, 1.54) is 6.20 Å². The Kier molecular flexibility index (Phi) is 3.85. The van der Waals surface area contributed by atoms with Crippen LogP contribution in [0.2, 0.25) is 0 Å². The maximum absolute atomic E-state index is 12.3. The average molecular weight is 297 g/mol. The van der Waals surface area contributed by atoms with Crippen LogP contribution in [0.5, 0.6) is 0 Å². The monoisotopic (exact) mass is 297 g/mol. The molecule has 2 aromatic rings. The van der Waals surface area contributed by atoms with Gasteiger partial charge in [-0.2, -0.15) is 13.5 Å². The number of aryl methyl sites for hydroxylation is 3. The number of hydrogen-bond donors (Lipinski definition) is 2. The van der Waals surface area contributed by atoms with Gasteiger partial charge in [-0.15, -0.1) is 0 Å². The van der Waals surface area contributed by atoms with Crippen molar-refractivity contribution in [3.05, 3.63) is 23.3 Å². The molecule has 0 saturated heterocycles. The number of nitrogens with one attached hydrogen (secondary N) is 2. The lowest BCUT2D eigenvalue weighted by Gasteiger charge is -2.03. The van der Waals surface area contributed by atoms with Crippen molar-refractivity contribution in [2.24, 2.45) is 0 Å². The highest BCUT2D eigenvalue weighted by Gasteiger charge is 2.21. The maximum atomic E-state index is 12.3. The highest BCUT2D eigenvalue weighted by Crippen LogP contribution is 2.19. The van der Waals surface area contributed by atoms with Crippen LogP contribution in [0, 0.1) is 13.8 Å². The fraction of sp³-hybridized carbons (Fsp3) is 0.500. The topological polar surface area (TPSA) is 92.7 Å². The van der Waals surface area contributed by atoms with Crippen LogP contribution in [0.4, 0.5) is 5.82 Å². The number of hydrogen-bond acceptors (Lipinski definition) is 4. The summed E-state index contributed by atoms with van der Waals surface area (Å²) in [5.41, 5.74) is 1.72. The van der Waals surface area contributed by atoms with E-state index in [-0.39, 0.29) is 5.03 Å². The van der Waals surface area contributed by atoms with Gasteiger partial charge >= 0.3 is 0 Å². The zero-order chi connectivity index (χ0) is 14.9. The van der Waals surface area contributed by atoms with Gasteiger partial charge in [-0.3, -0.25) is 9.82 Å². The van der Waals surface area contributed by atoms with E-state index < -0.39 is 10.0 Å². The van der Waals surface area contributed by atoms with Crippen molar-refractivity contribution in [2.75, 3.05) is 4.72 Å². The van der Waals surface area contributed by atoms with Crippen molar-refractivity contribution in [3.63, 3.8) is 0 Å². The first kappa shape index (κ1) is 14.6. The molecular formula is C12H19N5O2S. The number of aromatic nitrogens is 4. The van der Waals surface area contributed by atoms with E-state index >= 15 is 0 Å². The van der Waals surface area contributed by atoms with E-state index in [2.05, 4.69) is 19.9 Å². The second-order valence-electron chi connectivity index (χ2n) is 4.55. The van der Waals surface area contributed by atoms with Crippen LogP contribution in [0.3, 0.4) is 0 Å². The summed E-state index contributed by atoms with van der Waals surface area (Å²) < 4.78 is 28.8. The van der Waals surface area contributed by atoms with Crippen LogP contribution in [0.1, 0.15) is 30.9 Å². The lowest BCUT2D eigenvalue weighted by Crippen LogP contribution is -2.14. The number of H-pyrrole nitrogens is 1. The zero-order valence-corrected chi connectivity index (χ0v) is 12.9. The maximum Gasteiger partial charge on any atom is 0.282 e. The van der Waals surface area contributed by atoms with E-state index in [9.17, 15) is 8.42 Å². The van der Waals surface area contributed by atoms with E-state index in [0.717, 1.165) is 17.7 Å². The molecule has 2 aromatic heterocycles. The Balaban J connectivity index is 2.32. The summed E-state index contributed by atoms with van der Waals surface area (Å²) in [6.07, 6.45) is 2.30. The van der Waals surface area contributed by atoms with Gasteiger partial charge in [-0.25, -0.2) is 4.98 Å². The number of anilines is 1. The van der Waals surface area contributed by atoms with Crippen molar-refractivity contribution in [1.82, 2.24) is 19.7 Å². The van der Waals surface area contributed by atoms with Gasteiger partial charge in [-0.1, -0.05) is 6.92 Å². The molecule has 2 rings (SSSR count). The third-order valence-electron chi connectivity index (χ3n) is 3.27. The van der Waals surface area contributed by atoms with Crippen LogP contribution in [0.25, 0.3) is 0 Å². The molecule has 0 aromatic carbocycles. The van der Waals surface area contributed by atoms with Gasteiger partial charge in [0.05, 0.1) is 0 Å². The number of rotatable bonds is 5. The largest absolute Gasteiger partial charge is 0.334 e. The number of imidazole rings is 1. The molecule has 2 heterocycles. The van der Waals surface area contributed by atoms with Crippen LogP contribution < -0.4 is 4.72 Å². The smallest absolute Gasteiger partial charge is 0.282 e. The fourth-order valence-electron chi connectivity index (χ4n) is 1.99. The van der Waals surface area contributed by atoms with Crippen LogP contribution >= 0.6 is 0 Å². The summed E-state index contributed by atoms with van der Waals surface area (Å²) in [5.74, 6) is 0.992. The van der Waals surface area contributed by atoms with E-state index in [0.29, 0.717) is 18.2 Å². The molecule has 0 unspecified atom stereocenters. The fourth-order valence-corrected chi connectivity index (χ4v) is 3.06. The summed E-state index contributed by atoms with van der Waals surface area (Å²) in [4.78, 5) is 4.08. The molecule has 0 saturated carbocycles. The Bertz CT molecular complexity index is 714. The summed E-state index contributed by atoms with van der Waals surface area (Å²) in [6.45, 7) is 8.19. The van der Waals surface area contributed by atoms with Gasteiger partial charge < -0.3 is 4.57 Å². The SMILES string of the molecule is CCc1[nH]nc(NS(=O)(=O)c2cn(CC)c(C)n2)c1C. The molecule has 0 aliphatic rings. The molecule has 0 fully saturated rings. The zero-order valence-electron chi connectivity index (χ0n) is 12.1. The highest BCUT2D eigenvalue weighted by molar-refractivity contribution is 7.92. The number of nitrogens with zero attached hydrogens (tertiary/aromatic N) is 3. The lowest BCUT2D eigenvalue weighted by atomic mass is 10.2. The molecule has 20 heavy (non-hydrogen) atoms. The second kappa shape index (κ2) is 5.28. The minimum Gasteiger partial charge on any atom is -0.334 e. The Hall–Kier alpha value is -1.83. The summed E-state index contributed by atoms with van der Waals surface area (Å²) in [7, 11) is -3.71. The van der Waals surface area contributed by atoms with Gasteiger partial charge in [0, 0.05) is 24.0 Å². The quantitative estimate of drug-likeness (QED) is 0.876. The van der Waals surface area contributed by atoms with Crippen molar-refractivity contribution < 1.29 is 8.42 Å². The molecule has 0 bridgehead atoms. The predicted octanol–water partition coefficient (Wildman–Crippen LogP) is 1.61. The first-order valence-corrected chi connectivity index (χ1v) is 7.97. The van der Waals surface area contributed by atoms with E-state index in [1.807, 2.05) is 20.8 Å². The Labute approximate surface area is 118 Å². The van der Waals surface area contributed by atoms with Gasteiger partial charge in [0.15, 0.2) is 10.8 Å². The molecular weight excluding hydrogens is 278 g/mol. The van der Waals surface area contributed by atoms with Gasteiger partial charge in [-0.05, 0) is 27.2 Å². The van der Waals surface area contributed by atoms with Crippen molar-refractivity contribution in [2.45, 2.75) is 45.7 Å². The minimum absolute atomic E-state index is 0.0114. The molecule has 110 valence electrons. The van der Waals surface area contributed by atoms with Gasteiger partial charge in [0.25, 0.3) is 10.0 Å². The molecule has 7 nitrogen and oxygen atoms in total. The normalized spacial score (nSPS) is 11.8. The van der Waals surface area contributed by atoms with Gasteiger partial charge in [0.1, 0.15) is 5.82 Å². The summed E-state index contributed by atoms with van der Waals surface area (Å²) >= 11 is 0. The van der Waals surface area contributed by atoms with Crippen molar-refractivity contribution >= 4 is 15.8 Å². The number of sulfonamides is 1. The lowest BCUT2D eigenvalue weighted by molar-refractivity contribution is 0.597. The first-order valence-electron chi connectivity index (χ1n) is 6.49. The Morgan fingerprint density at radius 3 is 2.55 bits per heavy atom.